The Labute approximate surface area is 167 Å². The summed E-state index contributed by atoms with van der Waals surface area (Å²) in [6, 6.07) is 16.0. The molecule has 3 rings (SSSR count). The highest BCUT2D eigenvalue weighted by atomic mass is 32.1. The van der Waals surface area contributed by atoms with Gasteiger partial charge in [-0.25, -0.2) is 4.98 Å². The maximum Gasteiger partial charge on any atom is 0.273 e. The molecule has 1 aromatic heterocycles. The molecule has 6 nitrogen and oxygen atoms in total. The first-order valence-corrected chi connectivity index (χ1v) is 9.65. The van der Waals surface area contributed by atoms with Crippen LogP contribution in [0.3, 0.4) is 0 Å². The van der Waals surface area contributed by atoms with Gasteiger partial charge in [0.05, 0.1) is 6.04 Å². The molecule has 1 atom stereocenters. The summed E-state index contributed by atoms with van der Waals surface area (Å²) in [5.41, 5.74) is 2.11. The van der Waals surface area contributed by atoms with Gasteiger partial charge in [-0.05, 0) is 29.8 Å². The van der Waals surface area contributed by atoms with Gasteiger partial charge in [-0.15, -0.1) is 11.3 Å². The minimum atomic E-state index is -0.309. The van der Waals surface area contributed by atoms with Crippen molar-refractivity contribution in [2.45, 2.75) is 13.0 Å². The van der Waals surface area contributed by atoms with E-state index in [1.165, 1.54) is 18.3 Å². The summed E-state index contributed by atoms with van der Waals surface area (Å²) in [6.07, 6.45) is 0. The number of amides is 2. The van der Waals surface area contributed by atoms with Gasteiger partial charge in [0.2, 0.25) is 5.91 Å². The van der Waals surface area contributed by atoms with Gasteiger partial charge >= 0.3 is 0 Å². The zero-order chi connectivity index (χ0) is 20.1. The minimum Gasteiger partial charge on any atom is -0.508 e. The van der Waals surface area contributed by atoms with Gasteiger partial charge in [0, 0.05) is 31.5 Å². The Hall–Kier alpha value is -3.19. The lowest BCUT2D eigenvalue weighted by molar-refractivity contribution is -0.119. The summed E-state index contributed by atoms with van der Waals surface area (Å²) in [5, 5.41) is 14.6. The number of phenols is 1. The van der Waals surface area contributed by atoms with E-state index in [0.29, 0.717) is 17.2 Å². The number of likely N-dealkylation sites (N-methyl/N-ethyl adjacent to an activating group) is 1. The second-order valence-corrected chi connectivity index (χ2v) is 7.22. The van der Waals surface area contributed by atoms with Crippen molar-refractivity contribution in [3.05, 3.63) is 71.2 Å². The van der Waals surface area contributed by atoms with Gasteiger partial charge in [-0.3, -0.25) is 9.59 Å². The molecule has 0 bridgehead atoms. The third-order valence-electron chi connectivity index (χ3n) is 4.35. The van der Waals surface area contributed by atoms with Crippen LogP contribution in [0.5, 0.6) is 5.75 Å². The Morgan fingerprint density at radius 1 is 1.14 bits per heavy atom. The average Bonchev–Trinajstić information content (AvgIpc) is 3.18. The molecule has 1 unspecified atom stereocenters. The Balaban J connectivity index is 1.82. The van der Waals surface area contributed by atoms with Gasteiger partial charge < -0.3 is 15.3 Å². The van der Waals surface area contributed by atoms with E-state index in [0.717, 1.165) is 11.1 Å². The summed E-state index contributed by atoms with van der Waals surface area (Å²) < 4.78 is 0. The smallest absolute Gasteiger partial charge is 0.273 e. The summed E-state index contributed by atoms with van der Waals surface area (Å²) in [4.78, 5) is 30.5. The maximum absolute atomic E-state index is 13.0. The zero-order valence-electron chi connectivity index (χ0n) is 15.6. The Kier molecular flexibility index (Phi) is 6.06. The van der Waals surface area contributed by atoms with E-state index in [-0.39, 0.29) is 23.6 Å². The molecule has 3 aromatic rings. The van der Waals surface area contributed by atoms with E-state index in [1.807, 2.05) is 30.3 Å². The van der Waals surface area contributed by atoms with E-state index < -0.39 is 0 Å². The fourth-order valence-corrected chi connectivity index (χ4v) is 3.62. The number of hydrogen-bond acceptors (Lipinski definition) is 5. The first kappa shape index (κ1) is 19.6. The number of carbonyl (C=O) groups excluding carboxylic acids is 2. The largest absolute Gasteiger partial charge is 0.508 e. The number of aromatic nitrogens is 1. The number of nitrogens with one attached hydrogen (secondary N) is 1. The average molecular weight is 395 g/mol. The molecular weight excluding hydrogens is 374 g/mol. The minimum absolute atomic E-state index is 0.148. The number of nitrogens with zero attached hydrogens (tertiary/aromatic N) is 2. The van der Waals surface area contributed by atoms with Crippen molar-refractivity contribution in [3.8, 4) is 16.3 Å². The lowest BCUT2D eigenvalue weighted by Gasteiger charge is -2.28. The zero-order valence-corrected chi connectivity index (χ0v) is 16.4. The number of rotatable bonds is 6. The normalized spacial score (nSPS) is 11.6. The molecule has 0 saturated heterocycles. The number of aromatic hydroxyl groups is 1. The van der Waals surface area contributed by atoms with Gasteiger partial charge in [-0.1, -0.05) is 30.3 Å². The topological polar surface area (TPSA) is 82.5 Å². The molecule has 0 fully saturated rings. The summed E-state index contributed by atoms with van der Waals surface area (Å²) in [7, 11) is 1.71. The molecule has 0 aliphatic heterocycles. The van der Waals surface area contributed by atoms with Crippen molar-refractivity contribution in [2.24, 2.45) is 0 Å². The number of thiazole rings is 1. The second kappa shape index (κ2) is 8.67. The monoisotopic (exact) mass is 395 g/mol. The van der Waals surface area contributed by atoms with E-state index in [4.69, 9.17) is 0 Å². The molecule has 0 aliphatic carbocycles. The number of carbonyl (C=O) groups is 2. The SMILES string of the molecule is CC(=O)NCC(c1ccccc1)N(C)C(=O)c1csc(-c2ccc(O)cc2)n1. The van der Waals surface area contributed by atoms with Crippen molar-refractivity contribution >= 4 is 23.2 Å². The maximum atomic E-state index is 13.0. The molecule has 144 valence electrons. The molecule has 0 radical (unpaired) electrons. The van der Waals surface area contributed by atoms with Crippen LogP contribution in [0, 0.1) is 0 Å². The van der Waals surface area contributed by atoms with Crippen molar-refractivity contribution in [3.63, 3.8) is 0 Å². The van der Waals surface area contributed by atoms with Crippen LogP contribution in [0.4, 0.5) is 0 Å². The van der Waals surface area contributed by atoms with Crippen molar-refractivity contribution < 1.29 is 14.7 Å². The van der Waals surface area contributed by atoms with Crippen LogP contribution < -0.4 is 5.32 Å². The summed E-state index contributed by atoms with van der Waals surface area (Å²) in [6.45, 7) is 1.77. The predicted molar refractivity (Wildman–Crippen MR) is 109 cm³/mol. The van der Waals surface area contributed by atoms with Crippen molar-refractivity contribution in [1.29, 1.82) is 0 Å². The van der Waals surface area contributed by atoms with Crippen LogP contribution in [0.15, 0.2) is 60.0 Å². The number of hydrogen-bond donors (Lipinski definition) is 2. The highest BCUT2D eigenvalue weighted by Crippen LogP contribution is 2.27. The predicted octanol–water partition coefficient (Wildman–Crippen LogP) is 3.47. The van der Waals surface area contributed by atoms with Crippen LogP contribution in [0.1, 0.15) is 29.0 Å². The van der Waals surface area contributed by atoms with E-state index >= 15 is 0 Å². The van der Waals surface area contributed by atoms with Crippen LogP contribution >= 0.6 is 11.3 Å². The molecular formula is C21H21N3O3S. The van der Waals surface area contributed by atoms with E-state index in [9.17, 15) is 14.7 Å². The van der Waals surface area contributed by atoms with Crippen LogP contribution in [0.25, 0.3) is 10.6 Å². The van der Waals surface area contributed by atoms with Crippen molar-refractivity contribution in [2.75, 3.05) is 13.6 Å². The van der Waals surface area contributed by atoms with Gasteiger partial charge in [0.15, 0.2) is 0 Å². The molecule has 2 aromatic carbocycles. The van der Waals surface area contributed by atoms with Crippen LogP contribution in [-0.2, 0) is 4.79 Å². The number of benzene rings is 2. The van der Waals surface area contributed by atoms with Gasteiger partial charge in [0.1, 0.15) is 16.5 Å². The quantitative estimate of drug-likeness (QED) is 0.670. The fraction of sp³-hybridized carbons (Fsp3) is 0.190. The molecule has 28 heavy (non-hydrogen) atoms. The second-order valence-electron chi connectivity index (χ2n) is 6.36. The standard InChI is InChI=1S/C21H21N3O3S/c1-14(25)22-12-19(15-6-4-3-5-7-15)24(2)21(27)18-13-28-20(23-18)16-8-10-17(26)11-9-16/h3-11,13,19,26H,12H2,1-2H3,(H,22,25). The van der Waals surface area contributed by atoms with Crippen LogP contribution in [0.2, 0.25) is 0 Å². The molecule has 7 heteroatoms. The Bertz CT molecular complexity index is 955. The fourth-order valence-electron chi connectivity index (χ4n) is 2.82. The molecule has 2 amide bonds. The summed E-state index contributed by atoms with van der Waals surface area (Å²) >= 11 is 1.37. The molecule has 1 heterocycles. The summed E-state index contributed by atoms with van der Waals surface area (Å²) in [5.74, 6) is -0.189. The van der Waals surface area contributed by atoms with E-state index in [2.05, 4.69) is 10.3 Å². The lowest BCUT2D eigenvalue weighted by Crippen LogP contribution is -2.38. The molecule has 0 aliphatic rings. The van der Waals surface area contributed by atoms with Crippen LogP contribution in [-0.4, -0.2) is 40.4 Å². The molecule has 0 saturated carbocycles. The Morgan fingerprint density at radius 2 is 1.82 bits per heavy atom. The highest BCUT2D eigenvalue weighted by molar-refractivity contribution is 7.13. The lowest BCUT2D eigenvalue weighted by atomic mass is 10.1. The highest BCUT2D eigenvalue weighted by Gasteiger charge is 2.25. The third-order valence-corrected chi connectivity index (χ3v) is 5.25. The first-order chi connectivity index (χ1) is 13.5. The molecule has 2 N–H and O–H groups in total. The third kappa shape index (κ3) is 4.55. The van der Waals surface area contributed by atoms with Crippen molar-refractivity contribution in [1.82, 2.24) is 15.2 Å². The first-order valence-electron chi connectivity index (χ1n) is 8.77. The Morgan fingerprint density at radius 3 is 2.46 bits per heavy atom. The van der Waals surface area contributed by atoms with Gasteiger partial charge in [-0.2, -0.15) is 0 Å². The van der Waals surface area contributed by atoms with Gasteiger partial charge in [0.25, 0.3) is 5.91 Å². The molecule has 0 spiro atoms. The van der Waals surface area contributed by atoms with E-state index in [1.54, 1.807) is 41.6 Å². The number of phenolic OH excluding ortho intramolecular Hbond substituents is 1.